The molecule has 0 aliphatic heterocycles. The van der Waals surface area contributed by atoms with Crippen LogP contribution in [0.2, 0.25) is 0 Å². The maximum atomic E-state index is 6.11. The van der Waals surface area contributed by atoms with Crippen molar-refractivity contribution in [3.05, 3.63) is 6.33 Å². The van der Waals surface area contributed by atoms with Crippen LogP contribution in [0.1, 0.15) is 46.0 Å². The molecule has 5 nitrogen and oxygen atoms in total. The lowest BCUT2D eigenvalue weighted by Crippen LogP contribution is -2.20. The molecule has 5 heteroatoms. The summed E-state index contributed by atoms with van der Waals surface area (Å²) in [5, 5.41) is 6.73. The van der Waals surface area contributed by atoms with Crippen molar-refractivity contribution < 1.29 is 0 Å². The van der Waals surface area contributed by atoms with E-state index in [9.17, 15) is 0 Å². The van der Waals surface area contributed by atoms with E-state index in [0.29, 0.717) is 17.8 Å². The van der Waals surface area contributed by atoms with E-state index in [-0.39, 0.29) is 0 Å². The van der Waals surface area contributed by atoms with E-state index in [2.05, 4.69) is 34.4 Å². The monoisotopic (exact) mass is 249 g/mol. The second-order valence-electron chi connectivity index (χ2n) is 5.06. The van der Waals surface area contributed by atoms with E-state index in [0.717, 1.165) is 18.1 Å². The number of nitrogens with zero attached hydrogens (tertiary/aromatic N) is 2. The first-order valence-electron chi connectivity index (χ1n) is 6.84. The molecule has 0 aromatic carbocycles. The van der Waals surface area contributed by atoms with Gasteiger partial charge in [-0.25, -0.2) is 9.97 Å². The third-order valence-electron chi connectivity index (χ3n) is 3.58. The molecule has 1 aromatic heterocycles. The number of nitrogens with one attached hydrogen (secondary N) is 2. The van der Waals surface area contributed by atoms with Gasteiger partial charge in [0.25, 0.3) is 0 Å². The van der Waals surface area contributed by atoms with E-state index in [1.165, 1.54) is 25.7 Å². The number of rotatable bonds is 5. The summed E-state index contributed by atoms with van der Waals surface area (Å²) in [7, 11) is 0. The summed E-state index contributed by atoms with van der Waals surface area (Å²) in [4.78, 5) is 8.46. The highest BCUT2D eigenvalue weighted by molar-refractivity contribution is 5.74. The summed E-state index contributed by atoms with van der Waals surface area (Å²) in [5.41, 5.74) is 6.74. The van der Waals surface area contributed by atoms with Crippen LogP contribution in [0.25, 0.3) is 0 Å². The predicted octanol–water partition coefficient (Wildman–Crippen LogP) is 2.62. The molecule has 1 heterocycles. The van der Waals surface area contributed by atoms with Gasteiger partial charge in [-0.2, -0.15) is 0 Å². The first-order chi connectivity index (χ1) is 8.70. The van der Waals surface area contributed by atoms with Crippen molar-refractivity contribution in [1.29, 1.82) is 0 Å². The average molecular weight is 249 g/mol. The fraction of sp³-hybridized carbons (Fsp3) is 0.692. The van der Waals surface area contributed by atoms with Crippen LogP contribution in [0.15, 0.2) is 6.33 Å². The average Bonchev–Trinajstić information content (AvgIpc) is 2.87. The van der Waals surface area contributed by atoms with Crippen molar-refractivity contribution in [3.63, 3.8) is 0 Å². The number of hydrogen-bond donors (Lipinski definition) is 3. The van der Waals surface area contributed by atoms with E-state index in [4.69, 9.17) is 5.73 Å². The predicted molar refractivity (Wildman–Crippen MR) is 75.7 cm³/mol. The van der Waals surface area contributed by atoms with Gasteiger partial charge in [-0.15, -0.1) is 0 Å². The zero-order valence-electron chi connectivity index (χ0n) is 11.2. The van der Waals surface area contributed by atoms with Crippen LogP contribution in [0, 0.1) is 0 Å². The molecule has 1 fully saturated rings. The smallest absolute Gasteiger partial charge is 0.155 e. The number of hydrogen-bond acceptors (Lipinski definition) is 5. The van der Waals surface area contributed by atoms with Crippen LogP contribution in [0.4, 0.5) is 17.3 Å². The van der Waals surface area contributed by atoms with Gasteiger partial charge in [0.2, 0.25) is 0 Å². The third-order valence-corrected chi connectivity index (χ3v) is 3.58. The summed E-state index contributed by atoms with van der Waals surface area (Å²) in [6.45, 7) is 4.25. The number of aromatic nitrogens is 2. The quantitative estimate of drug-likeness (QED) is 0.748. The minimum atomic E-state index is 0.363. The molecule has 0 spiro atoms. The molecule has 1 atom stereocenters. The van der Waals surface area contributed by atoms with Gasteiger partial charge in [0.05, 0.1) is 0 Å². The molecule has 100 valence electrons. The molecule has 18 heavy (non-hydrogen) atoms. The topological polar surface area (TPSA) is 75.9 Å². The molecule has 1 unspecified atom stereocenters. The summed E-state index contributed by atoms with van der Waals surface area (Å²) in [5.74, 6) is 1.50. The van der Waals surface area contributed by atoms with Gasteiger partial charge < -0.3 is 16.4 Å². The molecule has 4 N–H and O–H groups in total. The van der Waals surface area contributed by atoms with E-state index >= 15 is 0 Å². The summed E-state index contributed by atoms with van der Waals surface area (Å²) in [6, 6.07) is 0.875. The highest BCUT2D eigenvalue weighted by Gasteiger charge is 2.17. The van der Waals surface area contributed by atoms with Gasteiger partial charge in [0.15, 0.2) is 11.6 Å². The molecule has 0 saturated heterocycles. The van der Waals surface area contributed by atoms with Crippen LogP contribution in [0.5, 0.6) is 0 Å². The molecule has 0 amide bonds. The van der Waals surface area contributed by atoms with Gasteiger partial charge >= 0.3 is 0 Å². The molecular weight excluding hydrogens is 226 g/mol. The van der Waals surface area contributed by atoms with E-state index < -0.39 is 0 Å². The van der Waals surface area contributed by atoms with Crippen LogP contribution < -0.4 is 16.4 Å². The number of nitrogen functional groups attached to an aromatic ring is 1. The largest absolute Gasteiger partial charge is 0.393 e. The van der Waals surface area contributed by atoms with Crippen LogP contribution in [-0.2, 0) is 0 Å². The first-order valence-corrected chi connectivity index (χ1v) is 6.84. The lowest BCUT2D eigenvalue weighted by Gasteiger charge is -2.18. The Bertz CT molecular complexity index is 387. The second-order valence-corrected chi connectivity index (χ2v) is 5.06. The lowest BCUT2D eigenvalue weighted by atomic mass is 10.2. The van der Waals surface area contributed by atoms with Gasteiger partial charge in [-0.1, -0.05) is 19.8 Å². The molecular formula is C13H23N5. The fourth-order valence-electron chi connectivity index (χ4n) is 2.22. The zero-order chi connectivity index (χ0) is 13.0. The number of anilines is 3. The summed E-state index contributed by atoms with van der Waals surface area (Å²) in [6.07, 6.45) is 7.60. The molecule has 0 bridgehead atoms. The third kappa shape index (κ3) is 3.03. The molecule has 1 aromatic rings. The maximum absolute atomic E-state index is 6.11. The minimum absolute atomic E-state index is 0.363. The summed E-state index contributed by atoms with van der Waals surface area (Å²) >= 11 is 0. The Morgan fingerprint density at radius 1 is 1.33 bits per heavy atom. The standard InChI is InChI=1S/C13H23N5/c1-3-9(2)17-12-11(14)13(16-8-15-12)18-10-6-4-5-7-10/h8-10H,3-7,14H2,1-2H3,(H2,15,16,17,18). The molecule has 1 saturated carbocycles. The van der Waals surface area contributed by atoms with Crippen LogP contribution in [-0.4, -0.2) is 22.1 Å². The Hall–Kier alpha value is -1.52. The fourth-order valence-corrected chi connectivity index (χ4v) is 2.22. The van der Waals surface area contributed by atoms with Crippen molar-refractivity contribution >= 4 is 17.3 Å². The Balaban J connectivity index is 2.08. The maximum Gasteiger partial charge on any atom is 0.155 e. The van der Waals surface area contributed by atoms with Gasteiger partial charge in [0.1, 0.15) is 12.0 Å². The van der Waals surface area contributed by atoms with Crippen molar-refractivity contribution in [3.8, 4) is 0 Å². The molecule has 1 aliphatic rings. The molecule has 0 radical (unpaired) electrons. The van der Waals surface area contributed by atoms with Crippen molar-refractivity contribution in [2.24, 2.45) is 0 Å². The molecule has 1 aliphatic carbocycles. The Kier molecular flexibility index (Phi) is 4.23. The zero-order valence-corrected chi connectivity index (χ0v) is 11.2. The van der Waals surface area contributed by atoms with Crippen molar-refractivity contribution in [1.82, 2.24) is 9.97 Å². The van der Waals surface area contributed by atoms with Crippen LogP contribution in [0.3, 0.4) is 0 Å². The van der Waals surface area contributed by atoms with Gasteiger partial charge in [-0.3, -0.25) is 0 Å². The minimum Gasteiger partial charge on any atom is -0.393 e. The van der Waals surface area contributed by atoms with Crippen LogP contribution >= 0.6 is 0 Å². The Morgan fingerprint density at radius 3 is 2.67 bits per heavy atom. The first kappa shape index (κ1) is 12.9. The summed E-state index contributed by atoms with van der Waals surface area (Å²) < 4.78 is 0. The lowest BCUT2D eigenvalue weighted by molar-refractivity contribution is 0.747. The second kappa shape index (κ2) is 5.89. The van der Waals surface area contributed by atoms with E-state index in [1.807, 2.05) is 0 Å². The SMILES string of the molecule is CCC(C)Nc1ncnc(NC2CCCC2)c1N. The van der Waals surface area contributed by atoms with Crippen molar-refractivity contribution in [2.75, 3.05) is 16.4 Å². The highest BCUT2D eigenvalue weighted by atomic mass is 15.1. The van der Waals surface area contributed by atoms with Gasteiger partial charge in [-0.05, 0) is 26.2 Å². The Labute approximate surface area is 109 Å². The Morgan fingerprint density at radius 2 is 2.00 bits per heavy atom. The normalized spacial score (nSPS) is 17.7. The highest BCUT2D eigenvalue weighted by Crippen LogP contribution is 2.27. The van der Waals surface area contributed by atoms with Gasteiger partial charge in [0, 0.05) is 12.1 Å². The van der Waals surface area contributed by atoms with E-state index in [1.54, 1.807) is 6.33 Å². The molecule has 2 rings (SSSR count). The van der Waals surface area contributed by atoms with Crippen molar-refractivity contribution in [2.45, 2.75) is 58.0 Å². The number of nitrogens with two attached hydrogens (primary N) is 1.